The maximum absolute atomic E-state index is 12.9. The van der Waals surface area contributed by atoms with Crippen LogP contribution in [0.2, 0.25) is 0 Å². The second kappa shape index (κ2) is 9.06. The van der Waals surface area contributed by atoms with Gasteiger partial charge in [0.1, 0.15) is 0 Å². The standard InChI is InChI=1S/C22H34BrN3O/c1-15-12-17(13-16(2)21(15)23)14-20(24)22(27)26-10-6-19(7-11-26)18-4-8-25(3)9-5-18/h12-13,18-20H,4-11,14,24H2,1-3H3/t20-/m0/s1/i1D,2D. The number of carbonyl (C=O) groups is 1. The SMILES string of the molecule is [2H]Cc1cc(C[C@H](N)C(=O)N2CCC(C3CCN(C)CC3)CC2)cc(C[2H])c1Br. The molecule has 27 heavy (non-hydrogen) atoms. The molecule has 1 aromatic rings. The second-order valence-electron chi connectivity index (χ2n) is 8.34. The van der Waals surface area contributed by atoms with Crippen molar-refractivity contribution in [2.24, 2.45) is 17.6 Å². The van der Waals surface area contributed by atoms with Gasteiger partial charge in [0.2, 0.25) is 5.91 Å². The predicted molar refractivity (Wildman–Crippen MR) is 115 cm³/mol. The van der Waals surface area contributed by atoms with E-state index >= 15 is 0 Å². The molecular formula is C22H34BrN3O. The van der Waals surface area contributed by atoms with Gasteiger partial charge in [-0.15, -0.1) is 0 Å². The van der Waals surface area contributed by atoms with Gasteiger partial charge in [-0.2, -0.15) is 0 Å². The van der Waals surface area contributed by atoms with Crippen LogP contribution in [0.15, 0.2) is 16.6 Å². The Kier molecular flexibility index (Phi) is 6.09. The minimum Gasteiger partial charge on any atom is -0.341 e. The molecule has 3 rings (SSSR count). The topological polar surface area (TPSA) is 49.6 Å². The number of hydrogen-bond donors (Lipinski definition) is 1. The van der Waals surface area contributed by atoms with Gasteiger partial charge in [0, 0.05) is 20.3 Å². The van der Waals surface area contributed by atoms with E-state index in [9.17, 15) is 4.79 Å². The summed E-state index contributed by atoms with van der Waals surface area (Å²) in [5, 5.41) is 0. The summed E-state index contributed by atoms with van der Waals surface area (Å²) in [5.41, 5.74) is 8.94. The molecule has 2 saturated heterocycles. The van der Waals surface area contributed by atoms with Gasteiger partial charge < -0.3 is 15.5 Å². The molecular weight excluding hydrogens is 402 g/mol. The molecule has 1 amide bonds. The quantitative estimate of drug-likeness (QED) is 0.783. The van der Waals surface area contributed by atoms with Crippen molar-refractivity contribution in [1.82, 2.24) is 9.80 Å². The molecule has 0 spiro atoms. The lowest BCUT2D eigenvalue weighted by Gasteiger charge is -2.40. The number of hydrogen-bond acceptors (Lipinski definition) is 3. The average molecular weight is 438 g/mol. The van der Waals surface area contributed by atoms with E-state index in [2.05, 4.69) is 27.9 Å². The third-order valence-corrected chi connectivity index (χ3v) is 7.36. The molecule has 5 heteroatoms. The fourth-order valence-corrected chi connectivity index (χ4v) is 4.84. The maximum Gasteiger partial charge on any atom is 0.239 e. The maximum atomic E-state index is 12.9. The van der Waals surface area contributed by atoms with Gasteiger partial charge in [0.15, 0.2) is 0 Å². The third-order valence-electron chi connectivity index (χ3n) is 6.34. The van der Waals surface area contributed by atoms with Crippen molar-refractivity contribution in [2.75, 3.05) is 33.2 Å². The van der Waals surface area contributed by atoms with Crippen LogP contribution in [0, 0.1) is 25.6 Å². The zero-order valence-corrected chi connectivity index (χ0v) is 18.0. The third kappa shape index (κ3) is 5.12. The number of nitrogens with zero attached hydrogens (tertiary/aromatic N) is 2. The largest absolute Gasteiger partial charge is 0.341 e. The Bertz CT molecular complexity index is 676. The Balaban J connectivity index is 1.55. The number of carbonyl (C=O) groups excluding carboxylic acids is 1. The van der Waals surface area contributed by atoms with Crippen LogP contribution in [0.3, 0.4) is 0 Å². The lowest BCUT2D eigenvalue weighted by molar-refractivity contribution is -0.134. The van der Waals surface area contributed by atoms with Gasteiger partial charge in [0.05, 0.1) is 6.04 Å². The average Bonchev–Trinajstić information content (AvgIpc) is 2.75. The van der Waals surface area contributed by atoms with Gasteiger partial charge in [-0.05, 0) is 94.6 Å². The van der Waals surface area contributed by atoms with Gasteiger partial charge in [0.25, 0.3) is 0 Å². The van der Waals surface area contributed by atoms with E-state index in [0.29, 0.717) is 6.42 Å². The summed E-state index contributed by atoms with van der Waals surface area (Å²) in [6.07, 6.45) is 5.22. The van der Waals surface area contributed by atoms with Crippen LogP contribution < -0.4 is 5.73 Å². The summed E-state index contributed by atoms with van der Waals surface area (Å²) in [6.45, 7) is 4.33. The summed E-state index contributed by atoms with van der Waals surface area (Å²) in [7, 11) is 2.20. The number of benzene rings is 1. The summed E-state index contributed by atoms with van der Waals surface area (Å²) >= 11 is 3.49. The summed E-state index contributed by atoms with van der Waals surface area (Å²) < 4.78 is 16.2. The van der Waals surface area contributed by atoms with Crippen LogP contribution in [-0.4, -0.2) is 55.0 Å². The Hall–Kier alpha value is -0.910. The first-order valence-corrected chi connectivity index (χ1v) is 10.8. The zero-order valence-electron chi connectivity index (χ0n) is 18.4. The van der Waals surface area contributed by atoms with Crippen molar-refractivity contribution in [3.05, 3.63) is 33.3 Å². The molecule has 2 aliphatic heterocycles. The minimum absolute atomic E-state index is 0.0367. The highest BCUT2D eigenvalue weighted by molar-refractivity contribution is 9.10. The molecule has 0 aliphatic carbocycles. The van der Waals surface area contributed by atoms with E-state index in [1.165, 1.54) is 25.9 Å². The fraction of sp³-hybridized carbons (Fsp3) is 0.682. The molecule has 0 bridgehead atoms. The van der Waals surface area contributed by atoms with Crippen LogP contribution in [0.1, 0.15) is 45.1 Å². The first-order chi connectivity index (χ1) is 13.9. The van der Waals surface area contributed by atoms with Crippen LogP contribution in [0.25, 0.3) is 0 Å². The molecule has 2 N–H and O–H groups in total. The smallest absolute Gasteiger partial charge is 0.239 e. The van der Waals surface area contributed by atoms with Crippen molar-refractivity contribution in [1.29, 1.82) is 0 Å². The first-order valence-electron chi connectivity index (χ1n) is 11.5. The number of nitrogens with two attached hydrogens (primary N) is 1. The van der Waals surface area contributed by atoms with Crippen LogP contribution >= 0.6 is 15.9 Å². The summed E-state index contributed by atoms with van der Waals surface area (Å²) in [4.78, 5) is 17.3. The van der Waals surface area contributed by atoms with E-state index in [-0.39, 0.29) is 19.7 Å². The molecule has 4 nitrogen and oxygen atoms in total. The van der Waals surface area contributed by atoms with Crippen LogP contribution in [0.5, 0.6) is 0 Å². The van der Waals surface area contributed by atoms with Gasteiger partial charge in [-0.25, -0.2) is 0 Å². The lowest BCUT2D eigenvalue weighted by atomic mass is 9.79. The van der Waals surface area contributed by atoms with Crippen molar-refractivity contribution < 1.29 is 7.54 Å². The van der Waals surface area contributed by atoms with E-state index in [1.807, 2.05) is 17.0 Å². The Morgan fingerprint density at radius 2 is 1.67 bits per heavy atom. The lowest BCUT2D eigenvalue weighted by Crippen LogP contribution is -2.49. The Morgan fingerprint density at radius 3 is 2.19 bits per heavy atom. The number of aryl methyl sites for hydroxylation is 2. The van der Waals surface area contributed by atoms with E-state index in [4.69, 9.17) is 8.48 Å². The van der Waals surface area contributed by atoms with Crippen LogP contribution in [0.4, 0.5) is 0 Å². The monoisotopic (exact) mass is 437 g/mol. The molecule has 150 valence electrons. The van der Waals surface area contributed by atoms with Gasteiger partial charge >= 0.3 is 0 Å². The van der Waals surface area contributed by atoms with Crippen molar-refractivity contribution in [3.63, 3.8) is 0 Å². The highest BCUT2D eigenvalue weighted by atomic mass is 79.9. The molecule has 0 radical (unpaired) electrons. The van der Waals surface area contributed by atoms with E-state index in [0.717, 1.165) is 58.9 Å². The molecule has 1 atom stereocenters. The number of halogens is 1. The Labute approximate surface area is 175 Å². The molecule has 0 unspecified atom stereocenters. The van der Waals surface area contributed by atoms with E-state index < -0.39 is 6.04 Å². The molecule has 2 aliphatic rings. The number of rotatable bonds is 4. The second-order valence-corrected chi connectivity index (χ2v) is 9.14. The van der Waals surface area contributed by atoms with Crippen molar-refractivity contribution >= 4 is 21.8 Å². The van der Waals surface area contributed by atoms with Crippen LogP contribution in [-0.2, 0) is 11.2 Å². The summed E-state index contributed by atoms with van der Waals surface area (Å²) in [5.74, 6) is 1.59. The molecule has 0 aromatic heterocycles. The first kappa shape index (κ1) is 18.1. The highest BCUT2D eigenvalue weighted by Crippen LogP contribution is 2.32. The van der Waals surface area contributed by atoms with Crippen molar-refractivity contribution in [2.45, 2.75) is 51.9 Å². The molecule has 2 heterocycles. The zero-order chi connectivity index (χ0) is 21.0. The van der Waals surface area contributed by atoms with Gasteiger partial charge in [-0.3, -0.25) is 4.79 Å². The number of likely N-dealkylation sites (tertiary alicyclic amines) is 2. The highest BCUT2D eigenvalue weighted by Gasteiger charge is 2.31. The molecule has 2 fully saturated rings. The normalized spacial score (nSPS) is 22.4. The predicted octanol–water partition coefficient (Wildman–Crippen LogP) is 3.52. The van der Waals surface area contributed by atoms with E-state index in [1.54, 1.807) is 0 Å². The molecule has 1 aromatic carbocycles. The Morgan fingerprint density at radius 1 is 1.15 bits per heavy atom. The number of amides is 1. The van der Waals surface area contributed by atoms with Gasteiger partial charge in [-0.1, -0.05) is 28.1 Å². The van der Waals surface area contributed by atoms with Crippen molar-refractivity contribution in [3.8, 4) is 0 Å². The fourth-order valence-electron chi connectivity index (χ4n) is 4.61. The number of piperidine rings is 2. The summed E-state index contributed by atoms with van der Waals surface area (Å²) in [6, 6.07) is 3.32. The minimum atomic E-state index is -0.562. The molecule has 0 saturated carbocycles.